The van der Waals surface area contributed by atoms with E-state index >= 15 is 0 Å². The molecule has 1 saturated heterocycles. The van der Waals surface area contributed by atoms with Crippen molar-refractivity contribution in [3.05, 3.63) is 29.0 Å². The van der Waals surface area contributed by atoms with E-state index in [4.69, 9.17) is 11.6 Å². The van der Waals surface area contributed by atoms with Crippen molar-refractivity contribution in [2.45, 2.75) is 18.9 Å². The van der Waals surface area contributed by atoms with Gasteiger partial charge in [-0.05, 0) is 31.0 Å². The first-order valence-electron chi connectivity index (χ1n) is 5.75. The molecular formula is C12H14ClFN2O2. The number of aliphatic hydroxyl groups excluding tert-OH is 1. The largest absolute Gasteiger partial charge is 0.393 e. The Morgan fingerprint density at radius 1 is 1.44 bits per heavy atom. The van der Waals surface area contributed by atoms with E-state index in [0.29, 0.717) is 31.6 Å². The zero-order chi connectivity index (χ0) is 13.1. The van der Waals surface area contributed by atoms with Crippen LogP contribution in [-0.2, 0) is 0 Å². The molecule has 0 spiro atoms. The second kappa shape index (κ2) is 5.54. The lowest BCUT2D eigenvalue weighted by molar-refractivity contribution is 0.0972. The lowest BCUT2D eigenvalue weighted by atomic mass is 10.1. The number of amides is 2. The standard InChI is InChI=1S/C12H14ClFN2O2/c13-10-7-8(1-2-11(10)14)15-12(18)16-5-3-9(17)4-6-16/h1-2,7,9,17H,3-6H2,(H,15,18). The van der Waals surface area contributed by atoms with E-state index in [1.54, 1.807) is 4.90 Å². The summed E-state index contributed by atoms with van der Waals surface area (Å²) in [5.74, 6) is -0.518. The number of rotatable bonds is 1. The summed E-state index contributed by atoms with van der Waals surface area (Å²) in [5.41, 5.74) is 0.456. The van der Waals surface area contributed by atoms with Crippen LogP contribution in [0.3, 0.4) is 0 Å². The van der Waals surface area contributed by atoms with Crippen molar-refractivity contribution in [3.63, 3.8) is 0 Å². The summed E-state index contributed by atoms with van der Waals surface area (Å²) in [6.45, 7) is 1.03. The van der Waals surface area contributed by atoms with Gasteiger partial charge in [-0.1, -0.05) is 11.6 Å². The zero-order valence-electron chi connectivity index (χ0n) is 9.70. The Kier molecular flexibility index (Phi) is 4.04. The van der Waals surface area contributed by atoms with Gasteiger partial charge in [0.05, 0.1) is 11.1 Å². The van der Waals surface area contributed by atoms with Crippen molar-refractivity contribution in [1.29, 1.82) is 0 Å². The monoisotopic (exact) mass is 272 g/mol. The number of urea groups is 1. The van der Waals surface area contributed by atoms with Gasteiger partial charge in [-0.3, -0.25) is 0 Å². The fraction of sp³-hybridized carbons (Fsp3) is 0.417. The maximum absolute atomic E-state index is 13.0. The molecule has 1 fully saturated rings. The van der Waals surface area contributed by atoms with Crippen LogP contribution in [0.15, 0.2) is 18.2 Å². The van der Waals surface area contributed by atoms with Crippen LogP contribution >= 0.6 is 11.6 Å². The minimum Gasteiger partial charge on any atom is -0.393 e. The minimum absolute atomic E-state index is 0.0260. The number of hydrogen-bond donors (Lipinski definition) is 2. The molecular weight excluding hydrogens is 259 g/mol. The van der Waals surface area contributed by atoms with Crippen LogP contribution in [-0.4, -0.2) is 35.2 Å². The SMILES string of the molecule is O=C(Nc1ccc(F)c(Cl)c1)N1CCC(O)CC1. The molecule has 4 nitrogen and oxygen atoms in total. The van der Waals surface area contributed by atoms with E-state index in [0.717, 1.165) is 0 Å². The molecule has 6 heteroatoms. The quantitative estimate of drug-likeness (QED) is 0.825. The number of nitrogens with one attached hydrogen (secondary N) is 1. The number of anilines is 1. The van der Waals surface area contributed by atoms with Gasteiger partial charge in [0.2, 0.25) is 0 Å². The zero-order valence-corrected chi connectivity index (χ0v) is 10.5. The Balaban J connectivity index is 1.96. The molecule has 0 radical (unpaired) electrons. The van der Waals surface area contributed by atoms with E-state index in [9.17, 15) is 14.3 Å². The highest BCUT2D eigenvalue weighted by Gasteiger charge is 2.21. The highest BCUT2D eigenvalue weighted by Crippen LogP contribution is 2.20. The summed E-state index contributed by atoms with van der Waals surface area (Å²) in [6, 6.07) is 3.77. The number of carbonyl (C=O) groups is 1. The second-order valence-corrected chi connectivity index (χ2v) is 4.68. The first-order chi connectivity index (χ1) is 8.56. The third kappa shape index (κ3) is 3.11. The molecule has 98 valence electrons. The summed E-state index contributed by atoms with van der Waals surface area (Å²) in [4.78, 5) is 13.5. The molecule has 18 heavy (non-hydrogen) atoms. The van der Waals surface area contributed by atoms with Crippen LogP contribution < -0.4 is 5.32 Å². The Labute approximate surface area is 109 Å². The van der Waals surface area contributed by atoms with Gasteiger partial charge >= 0.3 is 6.03 Å². The molecule has 0 unspecified atom stereocenters. The maximum Gasteiger partial charge on any atom is 0.321 e. The van der Waals surface area contributed by atoms with E-state index in [1.807, 2.05) is 0 Å². The summed E-state index contributed by atoms with van der Waals surface area (Å²) >= 11 is 5.63. The molecule has 0 aromatic heterocycles. The number of halogens is 2. The molecule has 1 aromatic rings. The van der Waals surface area contributed by atoms with Crippen molar-refractivity contribution in [3.8, 4) is 0 Å². The molecule has 2 N–H and O–H groups in total. The van der Waals surface area contributed by atoms with Gasteiger partial charge in [-0.15, -0.1) is 0 Å². The average Bonchev–Trinajstić information content (AvgIpc) is 2.34. The van der Waals surface area contributed by atoms with Gasteiger partial charge in [0.25, 0.3) is 0 Å². The smallest absolute Gasteiger partial charge is 0.321 e. The predicted octanol–water partition coefficient (Wildman–Crippen LogP) is 2.47. The summed E-state index contributed by atoms with van der Waals surface area (Å²) in [5, 5.41) is 12.0. The van der Waals surface area contributed by atoms with Crippen molar-refractivity contribution in [1.82, 2.24) is 4.90 Å². The highest BCUT2D eigenvalue weighted by molar-refractivity contribution is 6.31. The maximum atomic E-state index is 13.0. The topological polar surface area (TPSA) is 52.6 Å². The Bertz CT molecular complexity index is 448. The van der Waals surface area contributed by atoms with Gasteiger partial charge in [0, 0.05) is 18.8 Å². The molecule has 0 saturated carbocycles. The normalized spacial score (nSPS) is 16.7. The third-order valence-electron chi connectivity index (χ3n) is 2.92. The lowest BCUT2D eigenvalue weighted by Crippen LogP contribution is -2.42. The number of benzene rings is 1. The van der Waals surface area contributed by atoms with Crippen molar-refractivity contribution >= 4 is 23.3 Å². The molecule has 1 aliphatic heterocycles. The van der Waals surface area contributed by atoms with E-state index < -0.39 is 5.82 Å². The summed E-state index contributed by atoms with van der Waals surface area (Å²) in [6.07, 6.45) is 0.837. The van der Waals surface area contributed by atoms with Crippen LogP contribution in [0.2, 0.25) is 5.02 Å². The summed E-state index contributed by atoms with van der Waals surface area (Å²) < 4.78 is 13.0. The fourth-order valence-electron chi connectivity index (χ4n) is 1.85. The number of hydrogen-bond acceptors (Lipinski definition) is 2. The molecule has 1 aliphatic rings. The van der Waals surface area contributed by atoms with Crippen LogP contribution in [0.4, 0.5) is 14.9 Å². The molecule has 1 heterocycles. The van der Waals surface area contributed by atoms with Crippen molar-refractivity contribution in [2.24, 2.45) is 0 Å². The molecule has 2 amide bonds. The average molecular weight is 273 g/mol. The summed E-state index contributed by atoms with van der Waals surface area (Å²) in [7, 11) is 0. The van der Waals surface area contributed by atoms with Crippen LogP contribution in [0, 0.1) is 5.82 Å². The third-order valence-corrected chi connectivity index (χ3v) is 3.21. The van der Waals surface area contributed by atoms with Crippen LogP contribution in [0.1, 0.15) is 12.8 Å². The minimum atomic E-state index is -0.518. The second-order valence-electron chi connectivity index (χ2n) is 4.28. The number of likely N-dealkylation sites (tertiary alicyclic amines) is 1. The Morgan fingerprint density at radius 3 is 2.72 bits per heavy atom. The lowest BCUT2D eigenvalue weighted by Gasteiger charge is -2.29. The Hall–Kier alpha value is -1.33. The van der Waals surface area contributed by atoms with Gasteiger partial charge in [-0.2, -0.15) is 0 Å². The van der Waals surface area contributed by atoms with Gasteiger partial charge < -0.3 is 15.3 Å². The van der Waals surface area contributed by atoms with Crippen molar-refractivity contribution < 1.29 is 14.3 Å². The van der Waals surface area contributed by atoms with Gasteiger partial charge in [0.15, 0.2) is 0 Å². The molecule has 1 aromatic carbocycles. The number of piperidine rings is 1. The van der Waals surface area contributed by atoms with E-state index in [2.05, 4.69) is 5.32 Å². The fourth-order valence-corrected chi connectivity index (χ4v) is 2.03. The molecule has 0 aliphatic carbocycles. The number of carbonyl (C=O) groups excluding carboxylic acids is 1. The predicted molar refractivity (Wildman–Crippen MR) is 67.2 cm³/mol. The van der Waals surface area contributed by atoms with Crippen molar-refractivity contribution in [2.75, 3.05) is 18.4 Å². The number of aliphatic hydroxyl groups is 1. The van der Waals surface area contributed by atoms with E-state index in [-0.39, 0.29) is 17.2 Å². The first kappa shape index (κ1) is 13.1. The molecule has 0 atom stereocenters. The van der Waals surface area contributed by atoms with Gasteiger partial charge in [-0.25, -0.2) is 9.18 Å². The Morgan fingerprint density at radius 2 is 2.11 bits per heavy atom. The number of nitrogens with zero attached hydrogens (tertiary/aromatic N) is 1. The highest BCUT2D eigenvalue weighted by atomic mass is 35.5. The van der Waals surface area contributed by atoms with Crippen LogP contribution in [0.5, 0.6) is 0 Å². The molecule has 2 rings (SSSR count). The molecule has 0 bridgehead atoms. The van der Waals surface area contributed by atoms with Gasteiger partial charge in [0.1, 0.15) is 5.82 Å². The van der Waals surface area contributed by atoms with Crippen LogP contribution in [0.25, 0.3) is 0 Å². The van der Waals surface area contributed by atoms with E-state index in [1.165, 1.54) is 18.2 Å². The first-order valence-corrected chi connectivity index (χ1v) is 6.13.